The fourth-order valence-corrected chi connectivity index (χ4v) is 1.22. The van der Waals surface area contributed by atoms with Crippen molar-refractivity contribution < 1.29 is 0 Å². The van der Waals surface area contributed by atoms with Crippen LogP contribution in [0.1, 0.15) is 11.6 Å². The van der Waals surface area contributed by atoms with Crippen LogP contribution in [0.3, 0.4) is 0 Å². The van der Waals surface area contributed by atoms with Crippen molar-refractivity contribution in [2.24, 2.45) is 0 Å². The average Bonchev–Trinajstić information content (AvgIpc) is 2.21. The Kier molecular flexibility index (Phi) is 4.18. The molecule has 0 saturated carbocycles. The molecule has 1 atom stereocenters. The Morgan fingerprint density at radius 3 is 2.64 bits per heavy atom. The predicted octanol–water partition coefficient (Wildman–Crippen LogP) is 2.68. The van der Waals surface area contributed by atoms with Crippen LogP contribution in [0.25, 0.3) is 0 Å². The van der Waals surface area contributed by atoms with Gasteiger partial charge >= 0.3 is 0 Å². The van der Waals surface area contributed by atoms with Gasteiger partial charge in [0, 0.05) is 11.6 Å². The van der Waals surface area contributed by atoms with Crippen LogP contribution in [0.5, 0.6) is 0 Å². The summed E-state index contributed by atoms with van der Waals surface area (Å²) in [6.07, 6.45) is 1.72. The van der Waals surface area contributed by atoms with Crippen molar-refractivity contribution in [2.45, 2.75) is 6.04 Å². The summed E-state index contributed by atoms with van der Waals surface area (Å²) in [6, 6.07) is 9.10. The van der Waals surface area contributed by atoms with E-state index >= 15 is 0 Å². The molecule has 1 rings (SSSR count). The third-order valence-electron chi connectivity index (χ3n) is 1.80. The number of hydrogen-bond acceptors (Lipinski definition) is 2. The molecule has 0 aliphatic rings. The molecule has 14 heavy (non-hydrogen) atoms. The maximum absolute atomic E-state index is 8.90. The number of nitrogens with zero attached hydrogens (tertiary/aromatic N) is 1. The molecule has 72 valence electrons. The van der Waals surface area contributed by atoms with E-state index in [0.29, 0.717) is 11.6 Å². The first kappa shape index (κ1) is 10.8. The molecule has 0 aromatic heterocycles. The third-order valence-corrected chi connectivity index (χ3v) is 2.05. The lowest BCUT2D eigenvalue weighted by Crippen LogP contribution is -2.19. The molecular formula is C11H11ClN2. The van der Waals surface area contributed by atoms with E-state index in [0.717, 1.165) is 5.56 Å². The van der Waals surface area contributed by atoms with E-state index in [9.17, 15) is 0 Å². The first-order chi connectivity index (χ1) is 6.77. The molecule has 3 heteroatoms. The van der Waals surface area contributed by atoms with Gasteiger partial charge in [-0.25, -0.2) is 0 Å². The minimum Gasteiger partial charge on any atom is -0.295 e. The Morgan fingerprint density at radius 2 is 2.14 bits per heavy atom. The number of benzene rings is 1. The maximum Gasteiger partial charge on any atom is 0.121 e. The van der Waals surface area contributed by atoms with Gasteiger partial charge in [-0.1, -0.05) is 29.8 Å². The van der Waals surface area contributed by atoms with E-state index in [2.05, 4.69) is 18.0 Å². The van der Waals surface area contributed by atoms with Gasteiger partial charge in [0.1, 0.15) is 6.04 Å². The van der Waals surface area contributed by atoms with Crippen LogP contribution in [-0.4, -0.2) is 6.54 Å². The molecule has 0 bridgehead atoms. The number of nitrogens with one attached hydrogen (secondary N) is 1. The minimum absolute atomic E-state index is 0.301. The third kappa shape index (κ3) is 2.88. The van der Waals surface area contributed by atoms with E-state index in [1.54, 1.807) is 18.2 Å². The highest BCUT2D eigenvalue weighted by Crippen LogP contribution is 2.15. The van der Waals surface area contributed by atoms with Crippen LogP contribution < -0.4 is 5.32 Å². The number of hydrogen-bond donors (Lipinski definition) is 1. The van der Waals surface area contributed by atoms with Crippen molar-refractivity contribution in [2.75, 3.05) is 6.54 Å². The Balaban J connectivity index is 2.74. The van der Waals surface area contributed by atoms with Crippen molar-refractivity contribution >= 4 is 11.6 Å². The van der Waals surface area contributed by atoms with Gasteiger partial charge in [0.25, 0.3) is 0 Å². The second kappa shape index (κ2) is 5.43. The summed E-state index contributed by atoms with van der Waals surface area (Å²) in [5.74, 6) is 0. The Hall–Kier alpha value is -1.30. The van der Waals surface area contributed by atoms with Crippen molar-refractivity contribution in [1.29, 1.82) is 5.26 Å². The molecule has 0 spiro atoms. The fraction of sp³-hybridized carbons (Fsp3) is 0.182. The summed E-state index contributed by atoms with van der Waals surface area (Å²) in [5.41, 5.74) is 0.916. The zero-order valence-electron chi connectivity index (χ0n) is 7.70. The van der Waals surface area contributed by atoms with Gasteiger partial charge in [-0.3, -0.25) is 5.32 Å². The molecule has 1 unspecified atom stereocenters. The van der Waals surface area contributed by atoms with E-state index in [1.165, 1.54) is 0 Å². The largest absolute Gasteiger partial charge is 0.295 e. The van der Waals surface area contributed by atoms with Crippen LogP contribution in [0, 0.1) is 11.3 Å². The van der Waals surface area contributed by atoms with Crippen LogP contribution in [0.4, 0.5) is 0 Å². The summed E-state index contributed by atoms with van der Waals surface area (Å²) >= 11 is 5.74. The second-order valence-electron chi connectivity index (χ2n) is 2.81. The average molecular weight is 207 g/mol. The number of nitriles is 1. The zero-order valence-corrected chi connectivity index (χ0v) is 8.46. The summed E-state index contributed by atoms with van der Waals surface area (Å²) in [5, 5.41) is 12.6. The molecule has 0 amide bonds. The predicted molar refractivity (Wildman–Crippen MR) is 58.0 cm³/mol. The Labute approximate surface area is 88.8 Å². The quantitative estimate of drug-likeness (QED) is 0.769. The van der Waals surface area contributed by atoms with Crippen LogP contribution >= 0.6 is 11.6 Å². The number of rotatable bonds is 4. The lowest BCUT2D eigenvalue weighted by Gasteiger charge is -2.09. The highest BCUT2D eigenvalue weighted by molar-refractivity contribution is 6.30. The monoisotopic (exact) mass is 206 g/mol. The SMILES string of the molecule is C=CCNC(C#N)c1ccc(Cl)cc1. The van der Waals surface area contributed by atoms with Crippen molar-refractivity contribution in [3.63, 3.8) is 0 Å². The molecule has 0 heterocycles. The lowest BCUT2D eigenvalue weighted by molar-refractivity contribution is 0.683. The van der Waals surface area contributed by atoms with Crippen LogP contribution in [0.15, 0.2) is 36.9 Å². The smallest absolute Gasteiger partial charge is 0.121 e. The summed E-state index contributed by atoms with van der Waals surface area (Å²) in [7, 11) is 0. The van der Waals surface area contributed by atoms with Gasteiger partial charge in [0.05, 0.1) is 6.07 Å². The first-order valence-electron chi connectivity index (χ1n) is 4.27. The molecule has 1 aromatic carbocycles. The summed E-state index contributed by atoms with van der Waals surface area (Å²) in [6.45, 7) is 4.19. The molecule has 0 aliphatic heterocycles. The van der Waals surface area contributed by atoms with E-state index in [1.807, 2.05) is 12.1 Å². The zero-order chi connectivity index (χ0) is 10.4. The maximum atomic E-state index is 8.90. The second-order valence-corrected chi connectivity index (χ2v) is 3.25. The van der Waals surface area contributed by atoms with Gasteiger partial charge in [0.2, 0.25) is 0 Å². The summed E-state index contributed by atoms with van der Waals surface area (Å²) < 4.78 is 0. The molecule has 0 radical (unpaired) electrons. The molecular weight excluding hydrogens is 196 g/mol. The molecule has 2 nitrogen and oxygen atoms in total. The Bertz CT molecular complexity index is 337. The molecule has 0 aliphatic carbocycles. The topological polar surface area (TPSA) is 35.8 Å². The standard InChI is InChI=1S/C11H11ClN2/c1-2-7-14-11(8-13)9-3-5-10(12)6-4-9/h2-6,11,14H,1,7H2. The summed E-state index contributed by atoms with van der Waals surface area (Å²) in [4.78, 5) is 0. The van der Waals surface area contributed by atoms with E-state index in [4.69, 9.17) is 16.9 Å². The first-order valence-corrected chi connectivity index (χ1v) is 4.65. The van der Waals surface area contributed by atoms with Gasteiger partial charge in [-0.05, 0) is 17.7 Å². The van der Waals surface area contributed by atoms with Crippen molar-refractivity contribution in [3.05, 3.63) is 47.5 Å². The number of halogens is 1. The van der Waals surface area contributed by atoms with Gasteiger partial charge < -0.3 is 0 Å². The molecule has 1 N–H and O–H groups in total. The Morgan fingerprint density at radius 1 is 1.50 bits per heavy atom. The van der Waals surface area contributed by atoms with E-state index in [-0.39, 0.29) is 6.04 Å². The van der Waals surface area contributed by atoms with Crippen molar-refractivity contribution in [1.82, 2.24) is 5.32 Å². The fourth-order valence-electron chi connectivity index (χ4n) is 1.09. The van der Waals surface area contributed by atoms with Crippen molar-refractivity contribution in [3.8, 4) is 6.07 Å². The van der Waals surface area contributed by atoms with E-state index < -0.39 is 0 Å². The molecule has 0 saturated heterocycles. The van der Waals surface area contributed by atoms with Gasteiger partial charge in [0.15, 0.2) is 0 Å². The normalized spacial score (nSPS) is 11.7. The highest BCUT2D eigenvalue weighted by Gasteiger charge is 2.07. The van der Waals surface area contributed by atoms with Crippen LogP contribution in [0.2, 0.25) is 5.02 Å². The highest BCUT2D eigenvalue weighted by atomic mass is 35.5. The molecule has 1 aromatic rings. The minimum atomic E-state index is -0.301. The van der Waals surface area contributed by atoms with Gasteiger partial charge in [-0.15, -0.1) is 6.58 Å². The molecule has 0 fully saturated rings. The van der Waals surface area contributed by atoms with Gasteiger partial charge in [-0.2, -0.15) is 5.26 Å². The lowest BCUT2D eigenvalue weighted by atomic mass is 10.1. The van der Waals surface area contributed by atoms with Crippen LogP contribution in [-0.2, 0) is 0 Å².